The highest BCUT2D eigenvalue weighted by molar-refractivity contribution is 6.04. The summed E-state index contributed by atoms with van der Waals surface area (Å²) in [5, 5.41) is 1.06. The molecule has 0 aliphatic rings. The lowest BCUT2D eigenvalue weighted by molar-refractivity contribution is 1.47. The maximum Gasteiger partial charge on any atom is 0.109 e. The zero-order valence-corrected chi connectivity index (χ0v) is 9.77. The highest BCUT2D eigenvalue weighted by Crippen LogP contribution is 2.37. The lowest BCUT2D eigenvalue weighted by Gasteiger charge is -2.06. The fourth-order valence-electron chi connectivity index (χ4n) is 2.26. The first-order valence-electron chi connectivity index (χ1n) is 5.68. The molecule has 0 aliphatic carbocycles. The van der Waals surface area contributed by atoms with Gasteiger partial charge in [-0.1, -0.05) is 24.3 Å². The molecule has 0 atom stereocenters. The quantitative estimate of drug-likeness (QED) is 0.491. The van der Waals surface area contributed by atoms with E-state index in [1.807, 2.05) is 36.4 Å². The first-order chi connectivity index (χ1) is 8.66. The van der Waals surface area contributed by atoms with Gasteiger partial charge in [-0.2, -0.15) is 0 Å². The minimum atomic E-state index is 0.618. The molecule has 4 nitrogen and oxygen atoms in total. The van der Waals surface area contributed by atoms with Crippen LogP contribution in [0.15, 0.2) is 42.5 Å². The van der Waals surface area contributed by atoms with E-state index in [1.165, 1.54) is 0 Å². The summed E-state index contributed by atoms with van der Waals surface area (Å²) in [6.07, 6.45) is 0. The standard InChI is InChI=1S/C14H14N4/c15-8-5-6-9(11(16)7-8)13-10-3-1-2-4-12(10)18-14(13)17/h1-7,18H,15-17H2. The van der Waals surface area contributed by atoms with Gasteiger partial charge in [-0.25, -0.2) is 0 Å². The zero-order chi connectivity index (χ0) is 12.7. The maximum atomic E-state index is 6.05. The van der Waals surface area contributed by atoms with Crippen molar-refractivity contribution >= 4 is 28.1 Å². The number of nitrogens with two attached hydrogens (primary N) is 3. The number of nitrogen functional groups attached to an aromatic ring is 3. The summed E-state index contributed by atoms with van der Waals surface area (Å²) in [5.41, 5.74) is 21.9. The van der Waals surface area contributed by atoms with E-state index in [9.17, 15) is 0 Å². The number of fused-ring (bicyclic) bond motifs is 1. The largest absolute Gasteiger partial charge is 0.399 e. The molecule has 0 amide bonds. The van der Waals surface area contributed by atoms with Gasteiger partial charge < -0.3 is 22.2 Å². The summed E-state index contributed by atoms with van der Waals surface area (Å²) in [6, 6.07) is 13.4. The number of H-pyrrole nitrogens is 1. The van der Waals surface area contributed by atoms with Crippen molar-refractivity contribution in [3.63, 3.8) is 0 Å². The Morgan fingerprint density at radius 1 is 0.889 bits per heavy atom. The Hall–Kier alpha value is -2.62. The van der Waals surface area contributed by atoms with E-state index >= 15 is 0 Å². The fraction of sp³-hybridized carbons (Fsp3) is 0. The van der Waals surface area contributed by atoms with Gasteiger partial charge in [0.2, 0.25) is 0 Å². The average molecular weight is 238 g/mol. The van der Waals surface area contributed by atoms with Crippen LogP contribution in [0.25, 0.3) is 22.0 Å². The average Bonchev–Trinajstić information content (AvgIpc) is 2.66. The van der Waals surface area contributed by atoms with Crippen LogP contribution >= 0.6 is 0 Å². The first kappa shape index (κ1) is 10.5. The van der Waals surface area contributed by atoms with Crippen molar-refractivity contribution in [3.8, 4) is 11.1 Å². The van der Waals surface area contributed by atoms with Gasteiger partial charge in [0.05, 0.1) is 0 Å². The van der Waals surface area contributed by atoms with Gasteiger partial charge >= 0.3 is 0 Å². The predicted octanol–water partition coefficient (Wildman–Crippen LogP) is 2.58. The Balaban J connectivity index is 2.34. The number of rotatable bonds is 1. The van der Waals surface area contributed by atoms with E-state index in [0.717, 1.165) is 22.0 Å². The maximum absolute atomic E-state index is 6.05. The van der Waals surface area contributed by atoms with Crippen molar-refractivity contribution in [2.45, 2.75) is 0 Å². The lowest BCUT2D eigenvalue weighted by Crippen LogP contribution is -1.95. The third kappa shape index (κ3) is 1.47. The van der Waals surface area contributed by atoms with E-state index in [2.05, 4.69) is 4.98 Å². The van der Waals surface area contributed by atoms with Crippen molar-refractivity contribution in [2.75, 3.05) is 17.2 Å². The van der Waals surface area contributed by atoms with Crippen molar-refractivity contribution in [1.82, 2.24) is 4.98 Å². The molecule has 2 aromatic carbocycles. The normalized spacial score (nSPS) is 10.9. The number of hydrogen-bond acceptors (Lipinski definition) is 3. The van der Waals surface area contributed by atoms with Gasteiger partial charge in [0.1, 0.15) is 5.82 Å². The molecule has 3 aromatic rings. The molecule has 4 heteroatoms. The van der Waals surface area contributed by atoms with Crippen LogP contribution in [0, 0.1) is 0 Å². The second-order valence-electron chi connectivity index (χ2n) is 4.31. The lowest BCUT2D eigenvalue weighted by atomic mass is 10.0. The SMILES string of the molecule is Nc1ccc(-c2c(N)[nH]c3ccccc23)c(N)c1. The number of hydrogen-bond donors (Lipinski definition) is 4. The highest BCUT2D eigenvalue weighted by Gasteiger charge is 2.13. The summed E-state index contributed by atoms with van der Waals surface area (Å²) >= 11 is 0. The molecule has 90 valence electrons. The van der Waals surface area contributed by atoms with E-state index in [4.69, 9.17) is 17.2 Å². The molecule has 7 N–H and O–H groups in total. The van der Waals surface area contributed by atoms with Gasteiger partial charge in [-0.15, -0.1) is 0 Å². The summed E-state index contributed by atoms with van der Waals surface area (Å²) in [6.45, 7) is 0. The van der Waals surface area contributed by atoms with Crippen LogP contribution in [-0.2, 0) is 0 Å². The monoisotopic (exact) mass is 238 g/mol. The molecule has 3 rings (SSSR count). The highest BCUT2D eigenvalue weighted by atomic mass is 14.9. The van der Waals surface area contributed by atoms with Crippen LogP contribution in [0.4, 0.5) is 17.2 Å². The summed E-state index contributed by atoms with van der Waals surface area (Å²) < 4.78 is 0. The van der Waals surface area contributed by atoms with Crippen LogP contribution in [0.1, 0.15) is 0 Å². The molecule has 0 aliphatic heterocycles. The molecule has 1 heterocycles. The third-order valence-electron chi connectivity index (χ3n) is 3.08. The van der Waals surface area contributed by atoms with E-state index < -0.39 is 0 Å². The zero-order valence-electron chi connectivity index (χ0n) is 9.77. The van der Waals surface area contributed by atoms with Crippen LogP contribution < -0.4 is 17.2 Å². The van der Waals surface area contributed by atoms with Crippen LogP contribution in [-0.4, -0.2) is 4.98 Å². The Labute approximate surface area is 104 Å². The van der Waals surface area contributed by atoms with Crippen molar-refractivity contribution < 1.29 is 0 Å². The molecule has 0 fully saturated rings. The second-order valence-corrected chi connectivity index (χ2v) is 4.31. The topological polar surface area (TPSA) is 93.8 Å². The number of aromatic amines is 1. The number of aromatic nitrogens is 1. The van der Waals surface area contributed by atoms with Crippen LogP contribution in [0.2, 0.25) is 0 Å². The van der Waals surface area contributed by atoms with Crippen molar-refractivity contribution in [3.05, 3.63) is 42.5 Å². The van der Waals surface area contributed by atoms with E-state index in [1.54, 1.807) is 6.07 Å². The minimum Gasteiger partial charge on any atom is -0.399 e. The van der Waals surface area contributed by atoms with Crippen molar-refractivity contribution in [1.29, 1.82) is 0 Å². The number of benzene rings is 2. The van der Waals surface area contributed by atoms with Gasteiger partial charge in [0.25, 0.3) is 0 Å². The number of para-hydroxylation sites is 1. The Kier molecular flexibility index (Phi) is 2.16. The van der Waals surface area contributed by atoms with Crippen LogP contribution in [0.3, 0.4) is 0 Å². The Morgan fingerprint density at radius 2 is 1.67 bits per heavy atom. The predicted molar refractivity (Wildman–Crippen MR) is 77.0 cm³/mol. The van der Waals surface area contributed by atoms with Crippen molar-refractivity contribution in [2.24, 2.45) is 0 Å². The van der Waals surface area contributed by atoms with Crippen LogP contribution in [0.5, 0.6) is 0 Å². The fourth-order valence-corrected chi connectivity index (χ4v) is 2.26. The van der Waals surface area contributed by atoms with E-state index in [-0.39, 0.29) is 0 Å². The Bertz CT molecular complexity index is 728. The molecule has 0 radical (unpaired) electrons. The molecular formula is C14H14N4. The van der Waals surface area contributed by atoms with Gasteiger partial charge in [-0.05, 0) is 18.2 Å². The molecule has 0 saturated carbocycles. The van der Waals surface area contributed by atoms with Gasteiger partial charge in [-0.3, -0.25) is 0 Å². The molecule has 0 bridgehead atoms. The van der Waals surface area contributed by atoms with Gasteiger partial charge in [0.15, 0.2) is 0 Å². The van der Waals surface area contributed by atoms with E-state index in [0.29, 0.717) is 17.2 Å². The molecule has 0 saturated heterocycles. The molecule has 0 unspecified atom stereocenters. The second kappa shape index (κ2) is 3.70. The number of anilines is 3. The summed E-state index contributed by atoms with van der Waals surface area (Å²) in [5.74, 6) is 0.618. The summed E-state index contributed by atoms with van der Waals surface area (Å²) in [4.78, 5) is 3.16. The summed E-state index contributed by atoms with van der Waals surface area (Å²) in [7, 11) is 0. The smallest absolute Gasteiger partial charge is 0.109 e. The Morgan fingerprint density at radius 3 is 2.44 bits per heavy atom. The molecular weight excluding hydrogens is 224 g/mol. The first-order valence-corrected chi connectivity index (χ1v) is 5.68. The minimum absolute atomic E-state index is 0.618. The van der Waals surface area contributed by atoms with Gasteiger partial charge in [0, 0.05) is 33.4 Å². The molecule has 18 heavy (non-hydrogen) atoms. The molecule has 0 spiro atoms. The molecule has 1 aromatic heterocycles. The number of nitrogens with one attached hydrogen (secondary N) is 1. The third-order valence-corrected chi connectivity index (χ3v) is 3.08.